The fourth-order valence-corrected chi connectivity index (χ4v) is 6.01. The first-order valence-corrected chi connectivity index (χ1v) is 12.5. The van der Waals surface area contributed by atoms with Crippen LogP contribution >= 0.6 is 11.3 Å². The van der Waals surface area contributed by atoms with Crippen molar-refractivity contribution in [2.24, 2.45) is 0 Å². The summed E-state index contributed by atoms with van der Waals surface area (Å²) in [6.45, 7) is 0. The number of para-hydroxylation sites is 1. The molecule has 1 heterocycles. The van der Waals surface area contributed by atoms with E-state index in [0.29, 0.717) is 0 Å². The molecule has 6 rings (SSSR count). The molecule has 1 aromatic heterocycles. The van der Waals surface area contributed by atoms with Crippen LogP contribution in [0.4, 0.5) is 5.69 Å². The number of hydrogen-bond donors (Lipinski definition) is 1. The third-order valence-electron chi connectivity index (χ3n) is 6.59. The molecule has 0 atom stereocenters. The monoisotopic (exact) mass is 455 g/mol. The molecule has 0 saturated heterocycles. The smallest absolute Gasteiger partial charge is 0.0393 e. The highest BCUT2D eigenvalue weighted by Crippen LogP contribution is 2.40. The molecular weight excluding hydrogens is 430 g/mol. The highest BCUT2D eigenvalue weighted by atomic mass is 32.1. The van der Waals surface area contributed by atoms with Gasteiger partial charge in [0.25, 0.3) is 0 Å². The second-order valence-electron chi connectivity index (χ2n) is 8.70. The molecule has 0 aliphatic heterocycles. The van der Waals surface area contributed by atoms with E-state index in [9.17, 15) is 0 Å². The maximum atomic E-state index is 6.29. The average molecular weight is 456 g/mol. The maximum Gasteiger partial charge on any atom is 0.0393 e. The number of nitrogens with two attached hydrogens (primary N) is 1. The summed E-state index contributed by atoms with van der Waals surface area (Å²) in [4.78, 5) is 2.74. The lowest BCUT2D eigenvalue weighted by Crippen LogP contribution is -1.95. The molecule has 164 valence electrons. The van der Waals surface area contributed by atoms with Gasteiger partial charge in [-0.3, -0.25) is 0 Å². The molecule has 0 radical (unpaired) electrons. The van der Waals surface area contributed by atoms with E-state index in [1.807, 2.05) is 23.5 Å². The third kappa shape index (κ3) is 3.76. The zero-order chi connectivity index (χ0) is 22.9. The lowest BCUT2D eigenvalue weighted by Gasteiger charge is -2.11. The number of nitrogen functional groups attached to an aromatic ring is 1. The lowest BCUT2D eigenvalue weighted by molar-refractivity contribution is 0.983. The highest BCUT2D eigenvalue weighted by Gasteiger charge is 2.13. The van der Waals surface area contributed by atoms with Crippen molar-refractivity contribution in [1.82, 2.24) is 0 Å². The largest absolute Gasteiger partial charge is 0.398 e. The Morgan fingerprint density at radius 2 is 1.18 bits per heavy atom. The molecule has 0 fully saturated rings. The Labute approximate surface area is 204 Å². The fourth-order valence-electron chi connectivity index (χ4n) is 4.93. The second kappa shape index (κ2) is 8.81. The van der Waals surface area contributed by atoms with Crippen LogP contribution in [0.2, 0.25) is 0 Å². The van der Waals surface area contributed by atoms with Crippen LogP contribution in [-0.2, 0) is 12.8 Å². The molecule has 0 aliphatic rings. The van der Waals surface area contributed by atoms with E-state index in [1.54, 1.807) is 0 Å². The summed E-state index contributed by atoms with van der Waals surface area (Å²) in [5.41, 5.74) is 12.2. The van der Waals surface area contributed by atoms with E-state index < -0.39 is 0 Å². The van der Waals surface area contributed by atoms with Crippen LogP contribution < -0.4 is 5.73 Å². The minimum Gasteiger partial charge on any atom is -0.398 e. The van der Waals surface area contributed by atoms with Gasteiger partial charge in [-0.25, -0.2) is 0 Å². The number of fused-ring (bicyclic) bond motifs is 2. The minimum absolute atomic E-state index is 0.830. The summed E-state index contributed by atoms with van der Waals surface area (Å²) in [6, 6.07) is 41.1. The van der Waals surface area contributed by atoms with Crippen LogP contribution in [0.1, 0.15) is 10.4 Å². The molecule has 0 saturated carbocycles. The van der Waals surface area contributed by atoms with E-state index in [2.05, 4.69) is 103 Å². The van der Waals surface area contributed by atoms with Crippen LogP contribution in [0, 0.1) is 0 Å². The number of aryl methyl sites for hydroxylation is 2. The van der Waals surface area contributed by atoms with Crippen LogP contribution in [0.15, 0.2) is 115 Å². The Morgan fingerprint density at radius 3 is 1.91 bits per heavy atom. The van der Waals surface area contributed by atoms with Crippen LogP contribution in [0.25, 0.3) is 43.1 Å². The number of benzene rings is 5. The van der Waals surface area contributed by atoms with Crippen molar-refractivity contribution >= 4 is 38.6 Å². The van der Waals surface area contributed by atoms with Crippen LogP contribution in [0.5, 0.6) is 0 Å². The molecule has 6 aromatic rings. The first-order chi connectivity index (χ1) is 16.8. The van der Waals surface area contributed by atoms with Crippen LogP contribution in [0.3, 0.4) is 0 Å². The third-order valence-corrected chi connectivity index (χ3v) is 7.75. The summed E-state index contributed by atoms with van der Waals surface area (Å²) >= 11 is 1.92. The van der Waals surface area contributed by atoms with E-state index in [4.69, 9.17) is 5.73 Å². The Kier molecular flexibility index (Phi) is 5.37. The molecule has 1 nitrogen and oxygen atoms in total. The Hall–Kier alpha value is -3.88. The fraction of sp³-hybridized carbons (Fsp3) is 0.0625. The topological polar surface area (TPSA) is 26.0 Å². The van der Waals surface area contributed by atoms with Crippen molar-refractivity contribution in [3.8, 4) is 21.6 Å². The van der Waals surface area contributed by atoms with Crippen molar-refractivity contribution in [3.05, 3.63) is 126 Å². The van der Waals surface area contributed by atoms with Gasteiger partial charge in [0.15, 0.2) is 0 Å². The van der Waals surface area contributed by atoms with Gasteiger partial charge in [0, 0.05) is 26.6 Å². The number of anilines is 1. The van der Waals surface area contributed by atoms with E-state index in [0.717, 1.165) is 24.1 Å². The first-order valence-electron chi connectivity index (χ1n) is 11.7. The van der Waals surface area contributed by atoms with Gasteiger partial charge in [-0.2, -0.15) is 0 Å². The molecule has 2 N–H and O–H groups in total. The molecule has 5 aromatic carbocycles. The molecule has 0 unspecified atom stereocenters. The van der Waals surface area contributed by atoms with Crippen molar-refractivity contribution in [2.75, 3.05) is 5.73 Å². The van der Waals surface area contributed by atoms with Gasteiger partial charge in [0.2, 0.25) is 0 Å². The molecule has 0 spiro atoms. The van der Waals surface area contributed by atoms with E-state index >= 15 is 0 Å². The Bertz CT molecular complexity index is 1570. The quantitative estimate of drug-likeness (QED) is 0.204. The lowest BCUT2D eigenvalue weighted by atomic mass is 9.95. The molecule has 0 amide bonds. The van der Waals surface area contributed by atoms with Gasteiger partial charge >= 0.3 is 0 Å². The predicted octanol–water partition coefficient (Wildman–Crippen LogP) is 8.76. The number of thiophene rings is 1. The average Bonchev–Trinajstić information content (AvgIpc) is 3.35. The zero-order valence-corrected chi connectivity index (χ0v) is 19.7. The first kappa shape index (κ1) is 20.7. The summed E-state index contributed by atoms with van der Waals surface area (Å²) < 4.78 is 0. The Morgan fingerprint density at radius 1 is 0.559 bits per heavy atom. The normalized spacial score (nSPS) is 11.3. The van der Waals surface area contributed by atoms with Gasteiger partial charge in [0.05, 0.1) is 0 Å². The number of rotatable bonds is 5. The standard InChI is InChI=1S/C32H25NS/c33-30-16-8-7-15-29(30)26-12-4-1-9-22(26)17-18-25-19-20-31(34-25)32-27-13-5-2-10-23(27)21-24-11-3-6-14-28(24)32/h1-16,19-21H,17-18,33H2. The van der Waals surface area contributed by atoms with Gasteiger partial charge in [0.1, 0.15) is 0 Å². The van der Waals surface area contributed by atoms with E-state index in [-0.39, 0.29) is 0 Å². The van der Waals surface area contributed by atoms with Gasteiger partial charge in [-0.15, -0.1) is 11.3 Å². The van der Waals surface area contributed by atoms with Crippen molar-refractivity contribution in [1.29, 1.82) is 0 Å². The SMILES string of the molecule is Nc1ccccc1-c1ccccc1CCc1ccc(-c2c3ccccc3cc3ccccc23)s1. The van der Waals surface area contributed by atoms with Gasteiger partial charge in [-0.1, -0.05) is 91.0 Å². The molecule has 0 bridgehead atoms. The summed E-state index contributed by atoms with van der Waals surface area (Å²) in [5, 5.41) is 5.22. The molecule has 34 heavy (non-hydrogen) atoms. The highest BCUT2D eigenvalue weighted by molar-refractivity contribution is 7.15. The maximum absolute atomic E-state index is 6.29. The second-order valence-corrected chi connectivity index (χ2v) is 9.87. The Balaban J connectivity index is 1.35. The van der Waals surface area contributed by atoms with E-state index in [1.165, 1.54) is 48.0 Å². The summed E-state index contributed by atoms with van der Waals surface area (Å²) in [7, 11) is 0. The van der Waals surface area contributed by atoms with Gasteiger partial charge in [-0.05, 0) is 69.8 Å². The van der Waals surface area contributed by atoms with Gasteiger partial charge < -0.3 is 5.73 Å². The summed E-state index contributed by atoms with van der Waals surface area (Å²) in [5.74, 6) is 0. The van der Waals surface area contributed by atoms with Crippen molar-refractivity contribution < 1.29 is 0 Å². The zero-order valence-electron chi connectivity index (χ0n) is 18.9. The molecule has 2 heteroatoms. The van der Waals surface area contributed by atoms with Crippen molar-refractivity contribution in [2.45, 2.75) is 12.8 Å². The predicted molar refractivity (Wildman–Crippen MR) is 148 cm³/mol. The number of hydrogen-bond acceptors (Lipinski definition) is 2. The molecular formula is C32H25NS. The van der Waals surface area contributed by atoms with Crippen LogP contribution in [-0.4, -0.2) is 0 Å². The van der Waals surface area contributed by atoms with Crippen molar-refractivity contribution in [3.63, 3.8) is 0 Å². The summed E-state index contributed by atoms with van der Waals surface area (Å²) in [6.07, 6.45) is 2.00. The minimum atomic E-state index is 0.830. The molecule has 0 aliphatic carbocycles.